The molecule has 0 unspecified atom stereocenters. The molecule has 0 aliphatic heterocycles. The first kappa shape index (κ1) is 33.6. The number of benzene rings is 8. The number of rotatable bonds is 7. The van der Waals surface area contributed by atoms with Gasteiger partial charge in [-0.15, -0.1) is 0 Å². The van der Waals surface area contributed by atoms with E-state index in [4.69, 9.17) is 15.0 Å². The predicted octanol–water partition coefficient (Wildman–Crippen LogP) is 12.8. The SMILES string of the molecule is N#Cc1cccc(-c2cc(-c3nc(-c4ccccc4)nc(-c4cccc(-c5ccccc5)c4)n3)cc(-n3c4ccccc4c4ccc(-c5ccccc5)cc43)c2)c1. The molecule has 2 aromatic heterocycles. The van der Waals surface area contributed by atoms with Crippen LogP contribution < -0.4 is 0 Å². The molecule has 10 aromatic rings. The standard InChI is InChI=1S/C52H33N5/c53-34-35-14-12-21-39(28-35)43-30-44(32-45(31-43)57-48-25-11-10-24-46(48)47-27-26-41(33-49(47)57)37-17-6-2-7-18-37)52-55-50(38-19-8-3-9-20-38)54-51(56-52)42-23-13-22-40(29-42)36-15-4-1-5-16-36/h1-33H. The molecule has 0 fully saturated rings. The highest BCUT2D eigenvalue weighted by Gasteiger charge is 2.18. The minimum Gasteiger partial charge on any atom is -0.309 e. The van der Waals surface area contributed by atoms with E-state index in [-0.39, 0.29) is 0 Å². The van der Waals surface area contributed by atoms with Crippen molar-refractivity contribution in [2.45, 2.75) is 0 Å². The van der Waals surface area contributed by atoms with E-state index in [0.29, 0.717) is 23.0 Å². The first-order chi connectivity index (χ1) is 28.2. The highest BCUT2D eigenvalue weighted by atomic mass is 15.0. The number of hydrogen-bond donors (Lipinski definition) is 0. The van der Waals surface area contributed by atoms with Gasteiger partial charge in [-0.25, -0.2) is 15.0 Å². The minimum absolute atomic E-state index is 0.550. The molecule has 0 aliphatic rings. The Morgan fingerprint density at radius 2 is 0.825 bits per heavy atom. The van der Waals surface area contributed by atoms with Crippen LogP contribution in [0.4, 0.5) is 0 Å². The largest absolute Gasteiger partial charge is 0.309 e. The van der Waals surface area contributed by atoms with Crippen molar-refractivity contribution in [3.8, 4) is 79.3 Å². The Hall–Kier alpha value is -7.94. The maximum absolute atomic E-state index is 9.89. The van der Waals surface area contributed by atoms with E-state index in [1.54, 1.807) is 0 Å². The maximum atomic E-state index is 9.89. The fourth-order valence-corrected chi connectivity index (χ4v) is 7.68. The van der Waals surface area contributed by atoms with Gasteiger partial charge in [-0.3, -0.25) is 0 Å². The summed E-state index contributed by atoms with van der Waals surface area (Å²) in [6.45, 7) is 0. The molecule has 2 heterocycles. The Morgan fingerprint density at radius 3 is 1.53 bits per heavy atom. The van der Waals surface area contributed by atoms with Crippen molar-refractivity contribution < 1.29 is 0 Å². The topological polar surface area (TPSA) is 67.4 Å². The van der Waals surface area contributed by atoms with Crippen molar-refractivity contribution in [2.75, 3.05) is 0 Å². The van der Waals surface area contributed by atoms with E-state index < -0.39 is 0 Å². The van der Waals surface area contributed by atoms with Gasteiger partial charge in [0.25, 0.3) is 0 Å². The number of hydrogen-bond acceptors (Lipinski definition) is 4. The van der Waals surface area contributed by atoms with Gasteiger partial charge in [0.2, 0.25) is 0 Å². The van der Waals surface area contributed by atoms with Crippen LogP contribution in [0.15, 0.2) is 200 Å². The maximum Gasteiger partial charge on any atom is 0.164 e. The van der Waals surface area contributed by atoms with E-state index in [1.165, 1.54) is 0 Å². The van der Waals surface area contributed by atoms with Crippen LogP contribution in [-0.2, 0) is 0 Å². The molecule has 0 spiro atoms. The lowest BCUT2D eigenvalue weighted by Crippen LogP contribution is -2.02. The van der Waals surface area contributed by atoms with Crippen molar-refractivity contribution in [2.24, 2.45) is 0 Å². The molecule has 0 amide bonds. The number of para-hydroxylation sites is 1. The van der Waals surface area contributed by atoms with Gasteiger partial charge in [0, 0.05) is 33.2 Å². The van der Waals surface area contributed by atoms with Gasteiger partial charge in [-0.2, -0.15) is 5.26 Å². The molecule has 5 heteroatoms. The van der Waals surface area contributed by atoms with Crippen LogP contribution in [0, 0.1) is 11.3 Å². The third-order valence-electron chi connectivity index (χ3n) is 10.4. The lowest BCUT2D eigenvalue weighted by molar-refractivity contribution is 1.07. The van der Waals surface area contributed by atoms with Gasteiger partial charge in [-0.1, -0.05) is 152 Å². The number of aromatic nitrogens is 4. The van der Waals surface area contributed by atoms with E-state index in [1.807, 2.05) is 78.9 Å². The van der Waals surface area contributed by atoms with Gasteiger partial charge < -0.3 is 4.57 Å². The van der Waals surface area contributed by atoms with Crippen molar-refractivity contribution >= 4 is 21.8 Å². The van der Waals surface area contributed by atoms with Gasteiger partial charge in [0.05, 0.1) is 22.7 Å². The third-order valence-corrected chi connectivity index (χ3v) is 10.4. The van der Waals surface area contributed by atoms with Gasteiger partial charge in [-0.05, 0) is 81.9 Å². The molecule has 0 N–H and O–H groups in total. The normalized spacial score (nSPS) is 11.1. The first-order valence-electron chi connectivity index (χ1n) is 18.9. The summed E-state index contributed by atoms with van der Waals surface area (Å²) in [6, 6.07) is 71.1. The Bertz CT molecular complexity index is 3130. The average Bonchev–Trinajstić information content (AvgIpc) is 3.63. The molecule has 0 saturated carbocycles. The second kappa shape index (κ2) is 14.4. The lowest BCUT2D eigenvalue weighted by Gasteiger charge is -2.15. The third kappa shape index (κ3) is 6.42. The van der Waals surface area contributed by atoms with Crippen LogP contribution >= 0.6 is 0 Å². The predicted molar refractivity (Wildman–Crippen MR) is 231 cm³/mol. The highest BCUT2D eigenvalue weighted by molar-refractivity contribution is 6.10. The zero-order valence-electron chi connectivity index (χ0n) is 30.8. The van der Waals surface area contributed by atoms with Gasteiger partial charge in [0.1, 0.15) is 0 Å². The summed E-state index contributed by atoms with van der Waals surface area (Å²) in [6.07, 6.45) is 0. The highest BCUT2D eigenvalue weighted by Crippen LogP contribution is 2.38. The molecule has 0 aliphatic carbocycles. The quantitative estimate of drug-likeness (QED) is 0.164. The van der Waals surface area contributed by atoms with Crippen LogP contribution in [0.2, 0.25) is 0 Å². The molecular weight excluding hydrogens is 695 g/mol. The number of fused-ring (bicyclic) bond motifs is 3. The number of nitriles is 1. The summed E-state index contributed by atoms with van der Waals surface area (Å²) >= 11 is 0. The van der Waals surface area contributed by atoms with Crippen molar-refractivity contribution in [3.05, 3.63) is 206 Å². The summed E-state index contributed by atoms with van der Waals surface area (Å²) in [7, 11) is 0. The van der Waals surface area contributed by atoms with Crippen molar-refractivity contribution in [3.63, 3.8) is 0 Å². The summed E-state index contributed by atoms with van der Waals surface area (Å²) < 4.78 is 2.34. The molecule has 0 bridgehead atoms. The number of nitrogens with zero attached hydrogens (tertiary/aromatic N) is 5. The monoisotopic (exact) mass is 727 g/mol. The molecule has 8 aromatic carbocycles. The van der Waals surface area contributed by atoms with E-state index >= 15 is 0 Å². The summed E-state index contributed by atoms with van der Waals surface area (Å²) in [4.78, 5) is 15.5. The van der Waals surface area contributed by atoms with E-state index in [0.717, 1.165) is 77.6 Å². The van der Waals surface area contributed by atoms with Crippen LogP contribution in [0.25, 0.3) is 95.0 Å². The Kier molecular flexibility index (Phi) is 8.48. The smallest absolute Gasteiger partial charge is 0.164 e. The Labute approximate surface area is 330 Å². The summed E-state index contributed by atoms with van der Waals surface area (Å²) in [5, 5.41) is 12.2. The Morgan fingerprint density at radius 1 is 0.333 bits per heavy atom. The lowest BCUT2D eigenvalue weighted by atomic mass is 9.99. The van der Waals surface area contributed by atoms with E-state index in [2.05, 4.69) is 132 Å². The molecule has 57 heavy (non-hydrogen) atoms. The molecule has 5 nitrogen and oxygen atoms in total. The Balaban J connectivity index is 1.23. The zero-order valence-corrected chi connectivity index (χ0v) is 30.8. The zero-order chi connectivity index (χ0) is 38.1. The fraction of sp³-hybridized carbons (Fsp3) is 0. The van der Waals surface area contributed by atoms with Gasteiger partial charge >= 0.3 is 0 Å². The van der Waals surface area contributed by atoms with Crippen LogP contribution in [0.3, 0.4) is 0 Å². The molecule has 0 radical (unpaired) electrons. The van der Waals surface area contributed by atoms with Crippen LogP contribution in [-0.4, -0.2) is 19.5 Å². The molecular formula is C52H33N5. The van der Waals surface area contributed by atoms with Gasteiger partial charge in [0.15, 0.2) is 17.5 Å². The molecule has 0 saturated heterocycles. The molecule has 0 atom stereocenters. The second-order valence-electron chi connectivity index (χ2n) is 14.0. The van der Waals surface area contributed by atoms with Crippen LogP contribution in [0.5, 0.6) is 0 Å². The minimum atomic E-state index is 0.550. The summed E-state index contributed by atoms with van der Waals surface area (Å²) in [5.74, 6) is 1.72. The van der Waals surface area contributed by atoms with Crippen LogP contribution in [0.1, 0.15) is 5.56 Å². The fourth-order valence-electron chi connectivity index (χ4n) is 7.68. The first-order valence-corrected chi connectivity index (χ1v) is 18.9. The van der Waals surface area contributed by atoms with Crippen molar-refractivity contribution in [1.82, 2.24) is 19.5 Å². The van der Waals surface area contributed by atoms with Crippen molar-refractivity contribution in [1.29, 1.82) is 5.26 Å². The molecule has 10 rings (SSSR count). The second-order valence-corrected chi connectivity index (χ2v) is 14.0. The average molecular weight is 728 g/mol. The summed E-state index contributed by atoms with van der Waals surface area (Å²) in [5.41, 5.74) is 12.7. The molecule has 266 valence electrons. The van der Waals surface area contributed by atoms with E-state index in [9.17, 15) is 5.26 Å².